The number of hydrogen-bond acceptors (Lipinski definition) is 6. The highest BCUT2D eigenvalue weighted by Crippen LogP contribution is 2.35. The Bertz CT molecular complexity index is 1090. The average Bonchev–Trinajstić information content (AvgIpc) is 3.24. The van der Waals surface area contributed by atoms with E-state index < -0.39 is 0 Å². The fourth-order valence-corrected chi connectivity index (χ4v) is 5.34. The summed E-state index contributed by atoms with van der Waals surface area (Å²) in [5.41, 5.74) is 1.83. The van der Waals surface area contributed by atoms with E-state index in [9.17, 15) is 9.59 Å². The van der Waals surface area contributed by atoms with Gasteiger partial charge in [0.25, 0.3) is 5.56 Å². The summed E-state index contributed by atoms with van der Waals surface area (Å²) in [6.45, 7) is 0. The molecule has 27 heavy (non-hydrogen) atoms. The molecule has 0 aliphatic heterocycles. The van der Waals surface area contributed by atoms with Crippen LogP contribution in [0.2, 0.25) is 0 Å². The lowest BCUT2D eigenvalue weighted by Gasteiger charge is -2.09. The van der Waals surface area contributed by atoms with E-state index in [1.54, 1.807) is 42.2 Å². The molecule has 0 saturated carbocycles. The number of amides is 1. The van der Waals surface area contributed by atoms with Gasteiger partial charge in [-0.3, -0.25) is 14.2 Å². The van der Waals surface area contributed by atoms with E-state index in [0.29, 0.717) is 16.6 Å². The van der Waals surface area contributed by atoms with Gasteiger partial charge in [0.2, 0.25) is 5.91 Å². The van der Waals surface area contributed by atoms with Crippen LogP contribution in [0.3, 0.4) is 0 Å². The van der Waals surface area contributed by atoms with Crippen molar-refractivity contribution in [1.29, 1.82) is 0 Å². The van der Waals surface area contributed by atoms with E-state index in [0.717, 1.165) is 29.5 Å². The maximum atomic E-state index is 12.8. The molecule has 1 aromatic carbocycles. The van der Waals surface area contributed by atoms with Crippen LogP contribution >= 0.6 is 23.1 Å². The number of rotatable bonds is 5. The quantitative estimate of drug-likeness (QED) is 0.525. The molecular weight excluding hydrogens is 382 g/mol. The second-order valence-corrected chi connectivity index (χ2v) is 8.39. The predicted molar refractivity (Wildman–Crippen MR) is 109 cm³/mol. The second-order valence-electron chi connectivity index (χ2n) is 6.36. The molecular formula is C19H19N3O3S2. The first-order valence-corrected chi connectivity index (χ1v) is 10.4. The van der Waals surface area contributed by atoms with E-state index in [4.69, 9.17) is 4.74 Å². The van der Waals surface area contributed by atoms with Crippen LogP contribution in [-0.4, -0.2) is 28.3 Å². The van der Waals surface area contributed by atoms with Crippen LogP contribution in [0.1, 0.15) is 16.9 Å². The Morgan fingerprint density at radius 2 is 2.26 bits per heavy atom. The van der Waals surface area contributed by atoms with Crippen molar-refractivity contribution < 1.29 is 9.53 Å². The summed E-state index contributed by atoms with van der Waals surface area (Å²) in [6, 6.07) is 7.20. The molecule has 0 fully saturated rings. The van der Waals surface area contributed by atoms with Crippen LogP contribution < -0.4 is 15.6 Å². The third kappa shape index (κ3) is 3.46. The highest BCUT2D eigenvalue weighted by molar-refractivity contribution is 7.99. The van der Waals surface area contributed by atoms with E-state index in [2.05, 4.69) is 10.3 Å². The van der Waals surface area contributed by atoms with Crippen molar-refractivity contribution in [3.05, 3.63) is 45.1 Å². The number of carbonyl (C=O) groups excluding carboxylic acids is 1. The fraction of sp³-hybridized carbons (Fsp3) is 0.316. The van der Waals surface area contributed by atoms with Gasteiger partial charge in [0.05, 0.1) is 18.2 Å². The van der Waals surface area contributed by atoms with Gasteiger partial charge in [-0.15, -0.1) is 11.3 Å². The van der Waals surface area contributed by atoms with Gasteiger partial charge in [-0.05, 0) is 37.0 Å². The number of ether oxygens (including phenoxy) is 1. The summed E-state index contributed by atoms with van der Waals surface area (Å²) in [5, 5.41) is 4.16. The van der Waals surface area contributed by atoms with Crippen LogP contribution in [-0.2, 0) is 24.7 Å². The Morgan fingerprint density at radius 1 is 1.41 bits per heavy atom. The summed E-state index contributed by atoms with van der Waals surface area (Å²) in [5.74, 6) is 0.700. The highest BCUT2D eigenvalue weighted by atomic mass is 32.2. The second kappa shape index (κ2) is 7.36. The minimum atomic E-state index is -0.156. The van der Waals surface area contributed by atoms with Crippen LogP contribution in [0.4, 0.5) is 5.69 Å². The third-order valence-electron chi connectivity index (χ3n) is 4.59. The fourth-order valence-electron chi connectivity index (χ4n) is 3.26. The van der Waals surface area contributed by atoms with Gasteiger partial charge in [0.1, 0.15) is 10.6 Å². The molecule has 0 saturated heterocycles. The molecule has 0 atom stereocenters. The standard InChI is InChI=1S/C19H19N3O3S2/c1-22-18(24)16-13-7-4-8-14(13)27-17(16)21-19(22)26-10-15(23)20-11-5-3-6-12(9-11)25-2/h3,5-6,9H,4,7-8,10H2,1-2H3,(H,20,23). The molecule has 2 heterocycles. The number of thiophene rings is 1. The van der Waals surface area contributed by atoms with Crippen molar-refractivity contribution in [1.82, 2.24) is 9.55 Å². The summed E-state index contributed by atoms with van der Waals surface area (Å²) in [7, 11) is 3.30. The Balaban J connectivity index is 1.51. The van der Waals surface area contributed by atoms with Crippen LogP contribution in [0.15, 0.2) is 34.2 Å². The molecule has 0 spiro atoms. The third-order valence-corrected chi connectivity index (χ3v) is 6.81. The lowest BCUT2D eigenvalue weighted by molar-refractivity contribution is -0.113. The molecule has 1 aliphatic rings. The summed E-state index contributed by atoms with van der Waals surface area (Å²) in [6.07, 6.45) is 3.10. The normalized spacial score (nSPS) is 13.0. The number of hydrogen-bond donors (Lipinski definition) is 1. The lowest BCUT2D eigenvalue weighted by atomic mass is 10.2. The topological polar surface area (TPSA) is 73.2 Å². The number of methoxy groups -OCH3 is 1. The van der Waals surface area contributed by atoms with Crippen molar-refractivity contribution in [2.75, 3.05) is 18.2 Å². The average molecular weight is 402 g/mol. The number of benzene rings is 1. The zero-order valence-electron chi connectivity index (χ0n) is 15.1. The van der Waals surface area contributed by atoms with Crippen molar-refractivity contribution in [2.24, 2.45) is 7.05 Å². The zero-order chi connectivity index (χ0) is 19.0. The molecule has 0 unspecified atom stereocenters. The molecule has 3 aromatic rings. The number of thioether (sulfide) groups is 1. The first-order valence-electron chi connectivity index (χ1n) is 8.65. The minimum absolute atomic E-state index is 0.0184. The van der Waals surface area contributed by atoms with Crippen LogP contribution in [0.25, 0.3) is 10.2 Å². The van der Waals surface area contributed by atoms with Crippen LogP contribution in [0, 0.1) is 0 Å². The molecule has 1 amide bonds. The monoisotopic (exact) mass is 401 g/mol. The first-order chi connectivity index (χ1) is 13.1. The summed E-state index contributed by atoms with van der Waals surface area (Å²) >= 11 is 2.88. The molecule has 8 heteroatoms. The van der Waals surface area contributed by atoms with Gasteiger partial charge in [-0.25, -0.2) is 4.98 Å². The number of nitrogens with zero attached hydrogens (tertiary/aromatic N) is 2. The Labute approximate surface area is 164 Å². The number of fused-ring (bicyclic) bond motifs is 3. The number of nitrogens with one attached hydrogen (secondary N) is 1. The molecule has 1 N–H and O–H groups in total. The number of anilines is 1. The number of aromatic nitrogens is 2. The van der Waals surface area contributed by atoms with Crippen LogP contribution in [0.5, 0.6) is 5.75 Å². The number of aryl methyl sites for hydroxylation is 2. The number of carbonyl (C=O) groups is 1. The van der Waals surface area contributed by atoms with E-state index in [-0.39, 0.29) is 17.2 Å². The van der Waals surface area contributed by atoms with E-state index in [1.807, 2.05) is 12.1 Å². The van der Waals surface area contributed by atoms with Gasteiger partial charge >= 0.3 is 0 Å². The zero-order valence-corrected chi connectivity index (χ0v) is 16.7. The molecule has 4 rings (SSSR count). The Hall–Kier alpha value is -2.32. The van der Waals surface area contributed by atoms with Gasteiger partial charge in [0, 0.05) is 23.7 Å². The molecule has 2 aromatic heterocycles. The van der Waals surface area contributed by atoms with Gasteiger partial charge < -0.3 is 10.1 Å². The van der Waals surface area contributed by atoms with Crippen molar-refractivity contribution in [2.45, 2.75) is 24.4 Å². The Kier molecular flexibility index (Phi) is 4.92. The van der Waals surface area contributed by atoms with Crippen molar-refractivity contribution in [3.8, 4) is 5.75 Å². The maximum absolute atomic E-state index is 12.8. The largest absolute Gasteiger partial charge is 0.497 e. The molecule has 0 bridgehead atoms. The smallest absolute Gasteiger partial charge is 0.262 e. The van der Waals surface area contributed by atoms with Crippen molar-refractivity contribution in [3.63, 3.8) is 0 Å². The molecule has 140 valence electrons. The summed E-state index contributed by atoms with van der Waals surface area (Å²) < 4.78 is 6.71. The SMILES string of the molecule is COc1cccc(NC(=O)CSc2nc3sc4c(c3c(=O)n2C)CCC4)c1. The van der Waals surface area contributed by atoms with Gasteiger partial charge in [-0.2, -0.15) is 0 Å². The van der Waals surface area contributed by atoms with Gasteiger partial charge in [-0.1, -0.05) is 17.8 Å². The maximum Gasteiger partial charge on any atom is 0.262 e. The van der Waals surface area contributed by atoms with E-state index >= 15 is 0 Å². The lowest BCUT2D eigenvalue weighted by Crippen LogP contribution is -2.21. The molecule has 6 nitrogen and oxygen atoms in total. The predicted octanol–water partition coefficient (Wildman–Crippen LogP) is 3.22. The van der Waals surface area contributed by atoms with Crippen molar-refractivity contribution >= 4 is 44.9 Å². The van der Waals surface area contributed by atoms with E-state index in [1.165, 1.54) is 22.2 Å². The summed E-state index contributed by atoms with van der Waals surface area (Å²) in [4.78, 5) is 31.8. The highest BCUT2D eigenvalue weighted by Gasteiger charge is 2.22. The van der Waals surface area contributed by atoms with Gasteiger partial charge in [0.15, 0.2) is 5.16 Å². The molecule has 0 radical (unpaired) electrons. The molecule has 1 aliphatic carbocycles. The minimum Gasteiger partial charge on any atom is -0.497 e. The Morgan fingerprint density at radius 3 is 3.07 bits per heavy atom. The first kappa shape index (κ1) is 18.1.